The molecule has 0 saturated heterocycles. The molecule has 5 nitrogen and oxygen atoms in total. The molecule has 0 unspecified atom stereocenters. The molecule has 2 rings (SSSR count). The summed E-state index contributed by atoms with van der Waals surface area (Å²) in [6, 6.07) is 14.5. The number of rotatable bonds is 7. The zero-order chi connectivity index (χ0) is 18.9. The highest BCUT2D eigenvalue weighted by Crippen LogP contribution is 2.31. The summed E-state index contributed by atoms with van der Waals surface area (Å²) in [5.74, 6) is 1.40. The van der Waals surface area contributed by atoms with Crippen LogP contribution in [-0.4, -0.2) is 20.2 Å². The zero-order valence-corrected chi connectivity index (χ0v) is 15.1. The number of ether oxygens (including phenoxy) is 3. The van der Waals surface area contributed by atoms with Crippen molar-refractivity contribution in [2.75, 3.05) is 14.2 Å². The molecule has 134 valence electrons. The lowest BCUT2D eigenvalue weighted by molar-refractivity contribution is -0.134. The third kappa shape index (κ3) is 4.87. The van der Waals surface area contributed by atoms with Crippen molar-refractivity contribution < 1.29 is 19.0 Å². The fourth-order valence-electron chi connectivity index (χ4n) is 2.37. The van der Waals surface area contributed by atoms with Gasteiger partial charge in [0.2, 0.25) is 0 Å². The number of esters is 1. The summed E-state index contributed by atoms with van der Waals surface area (Å²) >= 11 is 0. The summed E-state index contributed by atoms with van der Waals surface area (Å²) in [7, 11) is 3.11. The Labute approximate surface area is 153 Å². The fourth-order valence-corrected chi connectivity index (χ4v) is 2.37. The Balaban J connectivity index is 2.23. The number of nitriles is 1. The second kappa shape index (κ2) is 9.28. The van der Waals surface area contributed by atoms with Crippen molar-refractivity contribution in [3.05, 3.63) is 53.6 Å². The molecular formula is C21H21NO4. The lowest BCUT2D eigenvalue weighted by atomic mass is 10.0. The largest absolute Gasteiger partial charge is 0.493 e. The van der Waals surface area contributed by atoms with Gasteiger partial charge in [-0.1, -0.05) is 19.1 Å². The minimum atomic E-state index is -0.251. The van der Waals surface area contributed by atoms with Crippen LogP contribution < -0.4 is 14.2 Å². The van der Waals surface area contributed by atoms with E-state index in [1.807, 2.05) is 6.92 Å². The maximum atomic E-state index is 11.5. The standard InChI is InChI=1S/C21H21NO4/c1-4-5-21(23)26-18-9-6-15(7-10-18)12-17(14-22)16-8-11-19(24-2)20(13-16)25-3/h6-13H,4-5H2,1-3H3/b17-12-. The molecule has 0 saturated carbocycles. The van der Waals surface area contributed by atoms with Crippen molar-refractivity contribution >= 4 is 17.6 Å². The number of allylic oxidation sites excluding steroid dienone is 1. The normalized spacial score (nSPS) is 10.8. The van der Waals surface area contributed by atoms with E-state index in [1.165, 1.54) is 0 Å². The third-order valence-corrected chi connectivity index (χ3v) is 3.69. The van der Waals surface area contributed by atoms with E-state index in [1.54, 1.807) is 62.8 Å². The molecule has 0 bridgehead atoms. The summed E-state index contributed by atoms with van der Waals surface area (Å²) in [5, 5.41) is 9.50. The van der Waals surface area contributed by atoms with Crippen LogP contribution >= 0.6 is 0 Å². The van der Waals surface area contributed by atoms with Crippen molar-refractivity contribution in [1.29, 1.82) is 5.26 Å². The minimum absolute atomic E-state index is 0.251. The van der Waals surface area contributed by atoms with Crippen LogP contribution in [0.25, 0.3) is 11.6 Å². The topological polar surface area (TPSA) is 68.6 Å². The van der Waals surface area contributed by atoms with Gasteiger partial charge in [-0.2, -0.15) is 5.26 Å². The highest BCUT2D eigenvalue weighted by molar-refractivity contribution is 5.90. The van der Waals surface area contributed by atoms with Crippen molar-refractivity contribution in [2.24, 2.45) is 0 Å². The number of nitrogens with zero attached hydrogens (tertiary/aromatic N) is 1. The number of carbonyl (C=O) groups is 1. The van der Waals surface area contributed by atoms with E-state index >= 15 is 0 Å². The van der Waals surface area contributed by atoms with Crippen molar-refractivity contribution in [3.63, 3.8) is 0 Å². The predicted octanol–water partition coefficient (Wildman–Crippen LogP) is 4.47. The molecule has 0 aromatic heterocycles. The smallest absolute Gasteiger partial charge is 0.311 e. The van der Waals surface area contributed by atoms with E-state index < -0.39 is 0 Å². The Morgan fingerprint density at radius 1 is 1.08 bits per heavy atom. The second-order valence-electron chi connectivity index (χ2n) is 5.53. The van der Waals surface area contributed by atoms with E-state index in [-0.39, 0.29) is 5.97 Å². The first-order valence-corrected chi connectivity index (χ1v) is 8.26. The van der Waals surface area contributed by atoms with Crippen LogP contribution in [0.3, 0.4) is 0 Å². The number of carbonyl (C=O) groups excluding carboxylic acids is 1. The first kappa shape index (κ1) is 19.1. The molecule has 0 spiro atoms. The van der Waals surface area contributed by atoms with Gasteiger partial charge in [-0.05, 0) is 54.0 Å². The van der Waals surface area contributed by atoms with E-state index in [0.29, 0.717) is 29.2 Å². The quantitative estimate of drug-likeness (QED) is 0.318. The highest BCUT2D eigenvalue weighted by atomic mass is 16.5. The lowest BCUT2D eigenvalue weighted by Gasteiger charge is -2.09. The van der Waals surface area contributed by atoms with Gasteiger partial charge in [0.05, 0.1) is 25.9 Å². The minimum Gasteiger partial charge on any atom is -0.493 e. The van der Waals surface area contributed by atoms with E-state index in [9.17, 15) is 10.1 Å². The average molecular weight is 351 g/mol. The molecule has 5 heteroatoms. The first-order valence-electron chi connectivity index (χ1n) is 8.26. The molecule has 0 aliphatic heterocycles. The Bertz CT molecular complexity index is 832. The maximum absolute atomic E-state index is 11.5. The van der Waals surface area contributed by atoms with E-state index in [0.717, 1.165) is 17.5 Å². The summed E-state index contributed by atoms with van der Waals surface area (Å²) in [5.41, 5.74) is 2.04. The Morgan fingerprint density at radius 2 is 1.77 bits per heavy atom. The zero-order valence-electron chi connectivity index (χ0n) is 15.1. The molecule has 2 aromatic rings. The van der Waals surface area contributed by atoms with Crippen LogP contribution in [0, 0.1) is 11.3 Å². The molecule has 0 fully saturated rings. The van der Waals surface area contributed by atoms with Crippen LogP contribution in [-0.2, 0) is 4.79 Å². The molecule has 2 aromatic carbocycles. The fraction of sp³-hybridized carbons (Fsp3) is 0.238. The Hall–Kier alpha value is -3.26. The van der Waals surface area contributed by atoms with E-state index in [4.69, 9.17) is 14.2 Å². The number of methoxy groups -OCH3 is 2. The number of benzene rings is 2. The lowest BCUT2D eigenvalue weighted by Crippen LogP contribution is -2.06. The second-order valence-corrected chi connectivity index (χ2v) is 5.53. The predicted molar refractivity (Wildman–Crippen MR) is 100 cm³/mol. The monoisotopic (exact) mass is 351 g/mol. The van der Waals surface area contributed by atoms with Gasteiger partial charge in [-0.3, -0.25) is 4.79 Å². The van der Waals surface area contributed by atoms with Gasteiger partial charge in [0, 0.05) is 6.42 Å². The van der Waals surface area contributed by atoms with Gasteiger partial charge in [0.25, 0.3) is 0 Å². The highest BCUT2D eigenvalue weighted by Gasteiger charge is 2.08. The first-order chi connectivity index (χ1) is 12.6. The van der Waals surface area contributed by atoms with Crippen molar-refractivity contribution in [3.8, 4) is 23.3 Å². The molecule has 0 heterocycles. The van der Waals surface area contributed by atoms with Crippen molar-refractivity contribution in [1.82, 2.24) is 0 Å². The molecular weight excluding hydrogens is 330 g/mol. The third-order valence-electron chi connectivity index (χ3n) is 3.69. The Kier molecular flexibility index (Phi) is 6.81. The molecule has 0 radical (unpaired) electrons. The molecule has 0 N–H and O–H groups in total. The maximum Gasteiger partial charge on any atom is 0.311 e. The molecule has 0 aliphatic carbocycles. The molecule has 0 amide bonds. The van der Waals surface area contributed by atoms with Crippen LogP contribution in [0.15, 0.2) is 42.5 Å². The average Bonchev–Trinajstić information content (AvgIpc) is 2.67. The van der Waals surface area contributed by atoms with Crippen LogP contribution in [0.1, 0.15) is 30.9 Å². The van der Waals surface area contributed by atoms with Crippen LogP contribution in [0.4, 0.5) is 0 Å². The van der Waals surface area contributed by atoms with Gasteiger partial charge in [0.1, 0.15) is 5.75 Å². The van der Waals surface area contributed by atoms with Gasteiger partial charge >= 0.3 is 5.97 Å². The summed E-state index contributed by atoms with van der Waals surface area (Å²) < 4.78 is 15.7. The number of hydrogen-bond acceptors (Lipinski definition) is 5. The van der Waals surface area contributed by atoms with Gasteiger partial charge < -0.3 is 14.2 Å². The molecule has 0 atom stereocenters. The van der Waals surface area contributed by atoms with Crippen LogP contribution in [0.5, 0.6) is 17.2 Å². The summed E-state index contributed by atoms with van der Waals surface area (Å²) in [4.78, 5) is 11.5. The summed E-state index contributed by atoms with van der Waals surface area (Å²) in [6.45, 7) is 1.92. The van der Waals surface area contributed by atoms with Crippen LogP contribution in [0.2, 0.25) is 0 Å². The Morgan fingerprint density at radius 3 is 2.35 bits per heavy atom. The summed E-state index contributed by atoms with van der Waals surface area (Å²) in [6.07, 6.45) is 2.90. The van der Waals surface area contributed by atoms with Gasteiger partial charge in [-0.15, -0.1) is 0 Å². The van der Waals surface area contributed by atoms with Gasteiger partial charge in [0.15, 0.2) is 11.5 Å². The SMILES string of the molecule is CCCC(=O)Oc1ccc(/C=C(/C#N)c2ccc(OC)c(OC)c2)cc1. The molecule has 0 aliphatic rings. The van der Waals surface area contributed by atoms with Gasteiger partial charge in [-0.25, -0.2) is 0 Å². The number of hydrogen-bond donors (Lipinski definition) is 0. The molecule has 26 heavy (non-hydrogen) atoms. The van der Waals surface area contributed by atoms with E-state index in [2.05, 4.69) is 6.07 Å². The van der Waals surface area contributed by atoms with Crippen molar-refractivity contribution in [2.45, 2.75) is 19.8 Å².